The Morgan fingerprint density at radius 1 is 1.43 bits per heavy atom. The first-order chi connectivity index (χ1) is 10.1. The Balaban J connectivity index is 2.15. The van der Waals surface area contributed by atoms with Gasteiger partial charge in [-0.25, -0.2) is 4.98 Å². The molecule has 0 bridgehead atoms. The molecule has 1 aliphatic rings. The van der Waals surface area contributed by atoms with E-state index in [-0.39, 0.29) is 0 Å². The van der Waals surface area contributed by atoms with Crippen molar-refractivity contribution in [2.75, 3.05) is 38.6 Å². The van der Waals surface area contributed by atoms with Gasteiger partial charge >= 0.3 is 0 Å². The first-order valence-electron chi connectivity index (χ1n) is 8.18. The van der Waals surface area contributed by atoms with E-state index in [1.807, 2.05) is 11.3 Å². The number of aromatic nitrogens is 1. The van der Waals surface area contributed by atoms with E-state index in [0.29, 0.717) is 12.0 Å². The lowest BCUT2D eigenvalue weighted by Crippen LogP contribution is -2.31. The smallest absolute Gasteiger partial charge is 0.185 e. The lowest BCUT2D eigenvalue weighted by molar-refractivity contribution is 0.315. The predicted molar refractivity (Wildman–Crippen MR) is 92.5 cm³/mol. The van der Waals surface area contributed by atoms with Gasteiger partial charge in [0.05, 0.1) is 5.69 Å². The van der Waals surface area contributed by atoms with Gasteiger partial charge in [0, 0.05) is 30.6 Å². The highest BCUT2D eigenvalue weighted by molar-refractivity contribution is 7.15. The molecule has 1 aromatic heterocycles. The number of likely N-dealkylation sites (N-methyl/N-ethyl adjacent to an activating group) is 1. The molecule has 0 saturated carbocycles. The normalized spacial score (nSPS) is 20.5. The Morgan fingerprint density at radius 2 is 2.19 bits per heavy atom. The molecule has 21 heavy (non-hydrogen) atoms. The Kier molecular flexibility index (Phi) is 6.02. The van der Waals surface area contributed by atoms with E-state index < -0.39 is 0 Å². The quantitative estimate of drug-likeness (QED) is 0.839. The topological polar surface area (TPSA) is 31.4 Å². The number of thiazole rings is 1. The second-order valence-electron chi connectivity index (χ2n) is 6.25. The molecular weight excluding hydrogens is 280 g/mol. The van der Waals surface area contributed by atoms with E-state index in [4.69, 9.17) is 4.98 Å². The summed E-state index contributed by atoms with van der Waals surface area (Å²) in [6.45, 7) is 10.9. The molecular formula is C16H30N4S. The van der Waals surface area contributed by atoms with Crippen LogP contribution in [0.25, 0.3) is 0 Å². The lowest BCUT2D eigenvalue weighted by Gasteiger charge is -2.19. The average Bonchev–Trinajstić information content (AvgIpc) is 3.10. The minimum Gasteiger partial charge on any atom is -0.346 e. The number of nitrogens with one attached hydrogen (secondary N) is 1. The maximum Gasteiger partial charge on any atom is 0.185 e. The molecule has 0 radical (unpaired) electrons. The molecule has 1 fully saturated rings. The van der Waals surface area contributed by atoms with Gasteiger partial charge in [-0.05, 0) is 39.4 Å². The predicted octanol–water partition coefficient (Wildman–Crippen LogP) is 2.91. The SMILES string of the molecule is CCNCc1sc(N2CCC(N(C)C)C2)nc1C(C)CC. The summed E-state index contributed by atoms with van der Waals surface area (Å²) in [5.74, 6) is 0.552. The van der Waals surface area contributed by atoms with E-state index >= 15 is 0 Å². The molecule has 1 saturated heterocycles. The molecule has 2 atom stereocenters. The highest BCUT2D eigenvalue weighted by atomic mass is 32.1. The maximum atomic E-state index is 5.00. The van der Waals surface area contributed by atoms with Crippen LogP contribution >= 0.6 is 11.3 Å². The Morgan fingerprint density at radius 3 is 2.76 bits per heavy atom. The molecule has 0 amide bonds. The summed E-state index contributed by atoms with van der Waals surface area (Å²) in [7, 11) is 4.36. The Labute approximate surface area is 133 Å². The molecule has 1 N–H and O–H groups in total. The van der Waals surface area contributed by atoms with Gasteiger partial charge in [-0.1, -0.05) is 20.8 Å². The molecule has 0 aliphatic carbocycles. The molecule has 1 aliphatic heterocycles. The second kappa shape index (κ2) is 7.56. The maximum absolute atomic E-state index is 5.00. The fraction of sp³-hybridized carbons (Fsp3) is 0.812. The molecule has 120 valence electrons. The number of rotatable bonds is 7. The summed E-state index contributed by atoms with van der Waals surface area (Å²) in [6, 6.07) is 0.665. The number of hydrogen-bond acceptors (Lipinski definition) is 5. The second-order valence-corrected chi connectivity index (χ2v) is 7.31. The highest BCUT2D eigenvalue weighted by Gasteiger charge is 2.27. The van der Waals surface area contributed by atoms with Crippen molar-refractivity contribution in [3.8, 4) is 0 Å². The van der Waals surface area contributed by atoms with Crippen LogP contribution in [0.15, 0.2) is 0 Å². The third-order valence-corrected chi connectivity index (χ3v) is 5.63. The molecule has 5 heteroatoms. The van der Waals surface area contributed by atoms with Crippen LogP contribution in [0.4, 0.5) is 5.13 Å². The van der Waals surface area contributed by atoms with E-state index in [1.54, 1.807) is 0 Å². The third-order valence-electron chi connectivity index (χ3n) is 4.50. The largest absolute Gasteiger partial charge is 0.346 e. The fourth-order valence-electron chi connectivity index (χ4n) is 2.77. The standard InChI is InChI=1S/C16H30N4S/c1-6-12(3)15-14(10-17-7-2)21-16(18-15)20-9-8-13(11-20)19(4)5/h12-13,17H,6-11H2,1-5H3. The minimum absolute atomic E-state index is 0.552. The van der Waals surface area contributed by atoms with Crippen molar-refractivity contribution in [2.45, 2.75) is 52.1 Å². The van der Waals surface area contributed by atoms with Crippen LogP contribution in [0.5, 0.6) is 0 Å². The van der Waals surface area contributed by atoms with E-state index in [0.717, 1.165) is 32.6 Å². The van der Waals surface area contributed by atoms with Gasteiger partial charge in [-0.2, -0.15) is 0 Å². The summed E-state index contributed by atoms with van der Waals surface area (Å²) < 4.78 is 0. The molecule has 2 unspecified atom stereocenters. The van der Waals surface area contributed by atoms with Gasteiger partial charge in [-0.3, -0.25) is 0 Å². The molecule has 1 aromatic rings. The van der Waals surface area contributed by atoms with Gasteiger partial charge in [0.1, 0.15) is 0 Å². The van der Waals surface area contributed by atoms with Gasteiger partial charge in [0.2, 0.25) is 0 Å². The summed E-state index contributed by atoms with van der Waals surface area (Å²) in [5.41, 5.74) is 1.31. The first-order valence-corrected chi connectivity index (χ1v) is 9.00. The van der Waals surface area contributed by atoms with Crippen molar-refractivity contribution in [1.29, 1.82) is 0 Å². The minimum atomic E-state index is 0.552. The van der Waals surface area contributed by atoms with Crippen LogP contribution in [-0.4, -0.2) is 49.7 Å². The van der Waals surface area contributed by atoms with E-state index in [9.17, 15) is 0 Å². The van der Waals surface area contributed by atoms with Crippen molar-refractivity contribution < 1.29 is 0 Å². The van der Waals surface area contributed by atoms with Gasteiger partial charge in [0.25, 0.3) is 0 Å². The summed E-state index contributed by atoms with van der Waals surface area (Å²) >= 11 is 1.89. The van der Waals surface area contributed by atoms with Crippen molar-refractivity contribution >= 4 is 16.5 Å². The first kappa shape index (κ1) is 16.7. The Bertz CT molecular complexity index is 443. The van der Waals surface area contributed by atoms with Gasteiger partial charge in [-0.15, -0.1) is 11.3 Å². The van der Waals surface area contributed by atoms with Crippen LogP contribution in [0, 0.1) is 0 Å². The van der Waals surface area contributed by atoms with Crippen LogP contribution in [0.1, 0.15) is 50.1 Å². The average molecular weight is 311 g/mol. The van der Waals surface area contributed by atoms with Crippen LogP contribution in [-0.2, 0) is 6.54 Å². The van der Waals surface area contributed by atoms with Crippen molar-refractivity contribution in [1.82, 2.24) is 15.2 Å². The zero-order valence-corrected chi connectivity index (χ0v) is 15.0. The Hall–Kier alpha value is -0.650. The third kappa shape index (κ3) is 3.96. The van der Waals surface area contributed by atoms with Gasteiger partial charge in [0.15, 0.2) is 5.13 Å². The van der Waals surface area contributed by atoms with E-state index in [2.05, 4.69) is 50.0 Å². The molecule has 2 rings (SSSR count). The molecule has 0 spiro atoms. The van der Waals surface area contributed by atoms with E-state index in [1.165, 1.54) is 22.1 Å². The summed E-state index contributed by atoms with van der Waals surface area (Å²) in [4.78, 5) is 11.2. The summed E-state index contributed by atoms with van der Waals surface area (Å²) in [6.07, 6.45) is 2.40. The highest BCUT2D eigenvalue weighted by Crippen LogP contribution is 2.34. The van der Waals surface area contributed by atoms with Crippen molar-refractivity contribution in [2.24, 2.45) is 0 Å². The molecule has 4 nitrogen and oxygen atoms in total. The number of hydrogen-bond donors (Lipinski definition) is 1. The zero-order chi connectivity index (χ0) is 15.4. The van der Waals surface area contributed by atoms with Crippen molar-refractivity contribution in [3.05, 3.63) is 10.6 Å². The number of nitrogens with zero attached hydrogens (tertiary/aromatic N) is 3. The summed E-state index contributed by atoms with van der Waals surface area (Å²) in [5, 5.41) is 4.68. The fourth-order valence-corrected chi connectivity index (χ4v) is 3.95. The molecule has 2 heterocycles. The van der Waals surface area contributed by atoms with Crippen molar-refractivity contribution in [3.63, 3.8) is 0 Å². The lowest BCUT2D eigenvalue weighted by atomic mass is 10.0. The monoisotopic (exact) mass is 310 g/mol. The van der Waals surface area contributed by atoms with Crippen LogP contribution < -0.4 is 10.2 Å². The van der Waals surface area contributed by atoms with Crippen LogP contribution in [0.3, 0.4) is 0 Å². The molecule has 0 aromatic carbocycles. The zero-order valence-electron chi connectivity index (χ0n) is 14.1. The van der Waals surface area contributed by atoms with Gasteiger partial charge < -0.3 is 15.1 Å². The number of anilines is 1. The van der Waals surface area contributed by atoms with Crippen LogP contribution in [0.2, 0.25) is 0 Å².